The van der Waals surface area contributed by atoms with Gasteiger partial charge in [0.2, 0.25) is 0 Å². The average Bonchev–Trinajstić information content (AvgIpc) is 3.54. The van der Waals surface area contributed by atoms with E-state index in [0.29, 0.717) is 26.9 Å². The predicted octanol–water partition coefficient (Wildman–Crippen LogP) is 6.57. The summed E-state index contributed by atoms with van der Waals surface area (Å²) in [6, 6.07) is 13.4. The van der Waals surface area contributed by atoms with Crippen molar-refractivity contribution in [2.24, 2.45) is 0 Å². The van der Waals surface area contributed by atoms with Crippen LogP contribution in [-0.4, -0.2) is 53.2 Å². The minimum absolute atomic E-state index is 0. The second-order valence-electron chi connectivity index (χ2n) is 8.63. The van der Waals surface area contributed by atoms with Gasteiger partial charge in [0.05, 0.1) is 15.6 Å². The van der Waals surface area contributed by atoms with E-state index in [1.165, 1.54) is 0 Å². The number of halogens is 3. The molecule has 3 heterocycles. The van der Waals surface area contributed by atoms with Crippen LogP contribution >= 0.6 is 35.6 Å². The van der Waals surface area contributed by atoms with Crippen molar-refractivity contribution in [3.63, 3.8) is 0 Å². The molecule has 0 saturated carbocycles. The first kappa shape index (κ1) is 28.7. The number of nitrogens with one attached hydrogen (secondary N) is 2. The van der Waals surface area contributed by atoms with E-state index < -0.39 is 0 Å². The summed E-state index contributed by atoms with van der Waals surface area (Å²) in [7, 11) is 3.75. The van der Waals surface area contributed by atoms with E-state index in [1.807, 2.05) is 68.4 Å². The van der Waals surface area contributed by atoms with Crippen LogP contribution in [0.3, 0.4) is 0 Å². The molecule has 10 heteroatoms. The van der Waals surface area contributed by atoms with Gasteiger partial charge in [0, 0.05) is 47.6 Å². The number of pyridine rings is 1. The monoisotopic (exact) mass is 561 g/mol. The first-order chi connectivity index (χ1) is 17.4. The van der Waals surface area contributed by atoms with E-state index in [1.54, 1.807) is 12.4 Å². The Labute approximate surface area is 232 Å². The maximum absolute atomic E-state index is 12.6. The lowest BCUT2D eigenvalue weighted by Gasteiger charge is -2.17. The van der Waals surface area contributed by atoms with Crippen molar-refractivity contribution in [1.29, 1.82) is 0 Å². The Morgan fingerprint density at radius 1 is 1.05 bits per heavy atom. The standard InChI is InChI=1S/C25H22Cl2N4O2.C2H7N.ClH/c1-15(23-20(26)13-28-14-21(23)27)33-18-8-9-22-19(12-18)24(30-29-22)16-4-6-17(7-5-16)25(32)31-10-2-3-11-31;1-3-2;/h4-9,12-15H,2-3,10-11H2,1H3,(H,29,30);3H,1-2H3;1H. The lowest BCUT2D eigenvalue weighted by Crippen LogP contribution is -2.27. The molecule has 2 aromatic heterocycles. The molecular formula is C27H30Cl3N5O2. The van der Waals surface area contributed by atoms with Gasteiger partial charge in [-0.3, -0.25) is 14.9 Å². The minimum Gasteiger partial charge on any atom is -0.486 e. The molecule has 1 saturated heterocycles. The molecule has 5 rings (SSSR count). The van der Waals surface area contributed by atoms with E-state index in [0.717, 1.165) is 48.1 Å². The summed E-state index contributed by atoms with van der Waals surface area (Å²) in [5, 5.41) is 12.2. The van der Waals surface area contributed by atoms with Crippen LogP contribution in [0.2, 0.25) is 10.0 Å². The average molecular weight is 563 g/mol. The number of nitrogens with zero attached hydrogens (tertiary/aromatic N) is 3. The van der Waals surface area contributed by atoms with Gasteiger partial charge in [-0.15, -0.1) is 12.4 Å². The second-order valence-corrected chi connectivity index (χ2v) is 9.45. The molecule has 1 aliphatic heterocycles. The Balaban J connectivity index is 0.000000908. The van der Waals surface area contributed by atoms with E-state index in [2.05, 4.69) is 20.5 Å². The maximum atomic E-state index is 12.6. The maximum Gasteiger partial charge on any atom is 0.253 e. The van der Waals surface area contributed by atoms with Crippen LogP contribution in [0.15, 0.2) is 54.9 Å². The number of carbonyl (C=O) groups excluding carboxylic acids is 1. The highest BCUT2D eigenvalue weighted by atomic mass is 35.5. The smallest absolute Gasteiger partial charge is 0.253 e. The van der Waals surface area contributed by atoms with Crippen molar-refractivity contribution in [3.8, 4) is 17.0 Å². The van der Waals surface area contributed by atoms with Crippen LogP contribution in [0.25, 0.3) is 22.2 Å². The number of aromatic nitrogens is 3. The molecule has 0 bridgehead atoms. The zero-order chi connectivity index (χ0) is 25.7. The van der Waals surface area contributed by atoms with Gasteiger partial charge in [0.1, 0.15) is 17.5 Å². The molecule has 0 aliphatic carbocycles. The molecule has 2 aromatic carbocycles. The number of carbonyl (C=O) groups is 1. The van der Waals surface area contributed by atoms with Crippen molar-refractivity contribution in [2.75, 3.05) is 27.2 Å². The lowest BCUT2D eigenvalue weighted by molar-refractivity contribution is 0.0793. The zero-order valence-electron chi connectivity index (χ0n) is 20.9. The third-order valence-corrected chi connectivity index (χ3v) is 6.55. The molecule has 1 unspecified atom stereocenters. The number of hydrogen-bond acceptors (Lipinski definition) is 5. The Hall–Kier alpha value is -2.84. The number of rotatable bonds is 5. The molecule has 196 valence electrons. The number of aromatic amines is 1. The summed E-state index contributed by atoms with van der Waals surface area (Å²) < 4.78 is 6.15. The van der Waals surface area contributed by atoms with Crippen LogP contribution in [0.1, 0.15) is 41.8 Å². The fourth-order valence-corrected chi connectivity index (χ4v) is 4.90. The van der Waals surface area contributed by atoms with Crippen LogP contribution in [0.5, 0.6) is 5.75 Å². The molecule has 37 heavy (non-hydrogen) atoms. The molecular weight excluding hydrogens is 533 g/mol. The van der Waals surface area contributed by atoms with Gasteiger partial charge in [0.15, 0.2) is 0 Å². The lowest BCUT2D eigenvalue weighted by atomic mass is 10.0. The Morgan fingerprint density at radius 2 is 1.68 bits per heavy atom. The summed E-state index contributed by atoms with van der Waals surface area (Å²) >= 11 is 12.6. The molecule has 1 atom stereocenters. The van der Waals surface area contributed by atoms with Gasteiger partial charge in [-0.1, -0.05) is 35.3 Å². The van der Waals surface area contributed by atoms with Crippen molar-refractivity contribution in [3.05, 3.63) is 76.0 Å². The molecule has 7 nitrogen and oxygen atoms in total. The summed E-state index contributed by atoms with van der Waals surface area (Å²) in [6.45, 7) is 3.56. The van der Waals surface area contributed by atoms with Crippen LogP contribution in [0.4, 0.5) is 0 Å². The molecule has 1 fully saturated rings. The zero-order valence-corrected chi connectivity index (χ0v) is 23.3. The van der Waals surface area contributed by atoms with E-state index in [9.17, 15) is 4.79 Å². The highest BCUT2D eigenvalue weighted by Crippen LogP contribution is 2.35. The summed E-state index contributed by atoms with van der Waals surface area (Å²) in [5.74, 6) is 0.756. The quantitative estimate of drug-likeness (QED) is 0.288. The number of ether oxygens (including phenoxy) is 1. The highest BCUT2D eigenvalue weighted by Gasteiger charge is 2.20. The molecule has 1 aliphatic rings. The highest BCUT2D eigenvalue weighted by molar-refractivity contribution is 6.35. The van der Waals surface area contributed by atoms with Gasteiger partial charge < -0.3 is 15.0 Å². The summed E-state index contributed by atoms with van der Waals surface area (Å²) in [4.78, 5) is 18.5. The summed E-state index contributed by atoms with van der Waals surface area (Å²) in [6.07, 6.45) is 4.89. The van der Waals surface area contributed by atoms with Gasteiger partial charge in [-0.2, -0.15) is 5.10 Å². The number of hydrogen-bond donors (Lipinski definition) is 2. The molecule has 2 N–H and O–H groups in total. The van der Waals surface area contributed by atoms with Crippen LogP contribution < -0.4 is 10.1 Å². The minimum atomic E-state index is -0.364. The Kier molecular flexibility index (Phi) is 10.2. The predicted molar refractivity (Wildman–Crippen MR) is 152 cm³/mol. The molecule has 1 amide bonds. The topological polar surface area (TPSA) is 83.1 Å². The fraction of sp³-hybridized carbons (Fsp3) is 0.296. The van der Waals surface area contributed by atoms with Crippen molar-refractivity contribution in [2.45, 2.75) is 25.9 Å². The van der Waals surface area contributed by atoms with Crippen molar-refractivity contribution >= 4 is 52.4 Å². The summed E-state index contributed by atoms with van der Waals surface area (Å²) in [5.41, 5.74) is 4.00. The first-order valence-corrected chi connectivity index (χ1v) is 12.6. The fourth-order valence-electron chi connectivity index (χ4n) is 4.23. The third kappa shape index (κ3) is 6.54. The van der Waals surface area contributed by atoms with Gasteiger partial charge >= 0.3 is 0 Å². The van der Waals surface area contributed by atoms with Gasteiger partial charge in [-0.25, -0.2) is 0 Å². The Bertz CT molecular complexity index is 1320. The molecule has 4 aromatic rings. The number of benzene rings is 2. The van der Waals surface area contributed by atoms with Crippen molar-refractivity contribution in [1.82, 2.24) is 25.4 Å². The first-order valence-electron chi connectivity index (χ1n) is 11.8. The number of likely N-dealkylation sites (tertiary alicyclic amines) is 1. The number of amides is 1. The largest absolute Gasteiger partial charge is 0.486 e. The molecule has 0 radical (unpaired) electrons. The van der Waals surface area contributed by atoms with Crippen LogP contribution in [0, 0.1) is 0 Å². The SMILES string of the molecule is CC(Oc1ccc2[nH]nc(-c3ccc(C(=O)N4CCCC4)cc3)c2c1)c1c(Cl)cncc1Cl.CNC.Cl. The second kappa shape index (κ2) is 13.1. The van der Waals surface area contributed by atoms with Crippen molar-refractivity contribution < 1.29 is 9.53 Å². The normalized spacial score (nSPS) is 13.5. The number of H-pyrrole nitrogens is 1. The van der Waals surface area contributed by atoms with E-state index in [4.69, 9.17) is 27.9 Å². The Morgan fingerprint density at radius 3 is 2.30 bits per heavy atom. The van der Waals surface area contributed by atoms with Gasteiger partial charge in [0.25, 0.3) is 5.91 Å². The van der Waals surface area contributed by atoms with E-state index in [-0.39, 0.29) is 24.4 Å². The van der Waals surface area contributed by atoms with Gasteiger partial charge in [-0.05, 0) is 64.2 Å². The molecule has 0 spiro atoms. The van der Waals surface area contributed by atoms with Crippen LogP contribution in [-0.2, 0) is 0 Å². The number of fused-ring (bicyclic) bond motifs is 1. The van der Waals surface area contributed by atoms with E-state index >= 15 is 0 Å². The third-order valence-electron chi connectivity index (χ3n) is 5.94.